The SMILES string of the molecule is Clc1cc(Br)cc(Cl)c1OCCBr. The Morgan fingerprint density at radius 1 is 1.23 bits per heavy atom. The second kappa shape index (κ2) is 5.44. The topological polar surface area (TPSA) is 9.23 Å². The molecule has 0 fully saturated rings. The fourth-order valence-corrected chi connectivity index (χ4v) is 2.29. The molecule has 13 heavy (non-hydrogen) atoms. The van der Waals surface area contributed by atoms with Crippen LogP contribution in [0.5, 0.6) is 5.75 Å². The zero-order valence-electron chi connectivity index (χ0n) is 6.49. The number of rotatable bonds is 3. The average molecular weight is 349 g/mol. The van der Waals surface area contributed by atoms with Crippen LogP contribution in [0.15, 0.2) is 16.6 Å². The second-order valence-electron chi connectivity index (χ2n) is 2.24. The van der Waals surface area contributed by atoms with Crippen LogP contribution in [0.4, 0.5) is 0 Å². The van der Waals surface area contributed by atoms with Crippen LogP contribution in [0.3, 0.4) is 0 Å². The van der Waals surface area contributed by atoms with Gasteiger partial charge < -0.3 is 4.74 Å². The van der Waals surface area contributed by atoms with Gasteiger partial charge in [0.2, 0.25) is 0 Å². The highest BCUT2D eigenvalue weighted by atomic mass is 79.9. The maximum absolute atomic E-state index is 5.92. The lowest BCUT2D eigenvalue weighted by Crippen LogP contribution is -1.98. The summed E-state index contributed by atoms with van der Waals surface area (Å²) in [6, 6.07) is 3.49. The third-order valence-corrected chi connectivity index (χ3v) is 2.63. The van der Waals surface area contributed by atoms with Crippen molar-refractivity contribution in [2.24, 2.45) is 0 Å². The lowest BCUT2D eigenvalue weighted by molar-refractivity contribution is 0.345. The molecule has 0 N–H and O–H groups in total. The van der Waals surface area contributed by atoms with Crippen molar-refractivity contribution < 1.29 is 4.74 Å². The van der Waals surface area contributed by atoms with Crippen molar-refractivity contribution in [3.05, 3.63) is 26.7 Å². The van der Waals surface area contributed by atoms with Gasteiger partial charge in [-0.25, -0.2) is 0 Å². The fraction of sp³-hybridized carbons (Fsp3) is 0.250. The minimum absolute atomic E-state index is 0.514. The van der Waals surface area contributed by atoms with Crippen molar-refractivity contribution in [2.75, 3.05) is 11.9 Å². The third kappa shape index (κ3) is 3.31. The van der Waals surface area contributed by atoms with Gasteiger partial charge in [0.25, 0.3) is 0 Å². The van der Waals surface area contributed by atoms with E-state index in [1.165, 1.54) is 0 Å². The normalized spacial score (nSPS) is 10.2. The van der Waals surface area contributed by atoms with Crippen LogP contribution in [0.1, 0.15) is 0 Å². The molecule has 1 nitrogen and oxygen atoms in total. The van der Waals surface area contributed by atoms with E-state index in [0.29, 0.717) is 22.4 Å². The third-order valence-electron chi connectivity index (χ3n) is 1.29. The summed E-state index contributed by atoms with van der Waals surface area (Å²) in [7, 11) is 0. The molecule has 5 heteroatoms. The molecule has 1 aromatic rings. The standard InChI is InChI=1S/C8H6Br2Cl2O/c9-1-2-13-8-6(11)3-5(10)4-7(8)12/h3-4H,1-2H2. The average Bonchev–Trinajstić information content (AvgIpc) is 2.02. The van der Waals surface area contributed by atoms with Crippen molar-refractivity contribution in [2.45, 2.75) is 0 Å². The largest absolute Gasteiger partial charge is 0.490 e. The summed E-state index contributed by atoms with van der Waals surface area (Å²) in [5.74, 6) is 0.533. The fourth-order valence-electron chi connectivity index (χ4n) is 0.807. The zero-order chi connectivity index (χ0) is 9.84. The van der Waals surface area contributed by atoms with Gasteiger partial charge in [0.1, 0.15) is 0 Å². The second-order valence-corrected chi connectivity index (χ2v) is 4.76. The number of halogens is 4. The Bertz CT molecular complexity index is 281. The first-order valence-corrected chi connectivity index (χ1v) is 6.15. The van der Waals surface area contributed by atoms with Crippen molar-refractivity contribution in [1.29, 1.82) is 0 Å². The lowest BCUT2D eigenvalue weighted by atomic mass is 10.3. The number of hydrogen-bond acceptors (Lipinski definition) is 1. The molecule has 0 bridgehead atoms. The first kappa shape index (κ1) is 11.6. The van der Waals surface area contributed by atoms with Gasteiger partial charge in [-0.3, -0.25) is 0 Å². The Labute approximate surface area is 104 Å². The smallest absolute Gasteiger partial charge is 0.156 e. The maximum Gasteiger partial charge on any atom is 0.156 e. The number of benzene rings is 1. The van der Waals surface area contributed by atoms with Crippen LogP contribution in [-0.2, 0) is 0 Å². The maximum atomic E-state index is 5.92. The summed E-state index contributed by atoms with van der Waals surface area (Å²) in [5, 5.41) is 1.77. The van der Waals surface area contributed by atoms with Crippen molar-refractivity contribution in [3.63, 3.8) is 0 Å². The van der Waals surface area contributed by atoms with Gasteiger partial charge >= 0.3 is 0 Å². The van der Waals surface area contributed by atoms with Crippen LogP contribution >= 0.6 is 55.1 Å². The van der Waals surface area contributed by atoms with Gasteiger partial charge in [0.05, 0.1) is 16.7 Å². The van der Waals surface area contributed by atoms with E-state index in [9.17, 15) is 0 Å². The first-order valence-electron chi connectivity index (χ1n) is 3.48. The Morgan fingerprint density at radius 2 is 1.77 bits per heavy atom. The molecule has 0 aliphatic heterocycles. The molecule has 0 unspecified atom stereocenters. The van der Waals surface area contributed by atoms with E-state index in [-0.39, 0.29) is 0 Å². The molecule has 0 aliphatic rings. The molecule has 0 heterocycles. The van der Waals surface area contributed by atoms with Crippen LogP contribution in [0.2, 0.25) is 10.0 Å². The quantitative estimate of drug-likeness (QED) is 0.729. The Hall–Kier alpha value is 0.560. The van der Waals surface area contributed by atoms with Gasteiger partial charge in [-0.15, -0.1) is 0 Å². The molecule has 0 saturated heterocycles. The Balaban J connectivity index is 2.92. The molecule has 0 aliphatic carbocycles. The molecule has 0 spiro atoms. The summed E-state index contributed by atoms with van der Waals surface area (Å²) in [6.07, 6.45) is 0. The monoisotopic (exact) mass is 346 g/mol. The van der Waals surface area contributed by atoms with E-state index >= 15 is 0 Å². The number of alkyl halides is 1. The summed E-state index contributed by atoms with van der Waals surface area (Å²) < 4.78 is 6.18. The molecule has 0 atom stereocenters. The zero-order valence-corrected chi connectivity index (χ0v) is 11.2. The van der Waals surface area contributed by atoms with E-state index in [1.807, 2.05) is 0 Å². The molecule has 72 valence electrons. The molecule has 1 rings (SSSR count). The van der Waals surface area contributed by atoms with Crippen LogP contribution < -0.4 is 4.74 Å². The minimum atomic E-state index is 0.514. The van der Waals surface area contributed by atoms with E-state index in [2.05, 4.69) is 31.9 Å². The predicted octanol–water partition coefficient (Wildman–Crippen LogP) is 4.53. The van der Waals surface area contributed by atoms with Crippen LogP contribution in [0.25, 0.3) is 0 Å². The molecular weight excluding hydrogens is 343 g/mol. The number of hydrogen-bond donors (Lipinski definition) is 0. The molecule has 0 saturated carbocycles. The summed E-state index contributed by atoms with van der Waals surface area (Å²) >= 11 is 18.4. The van der Waals surface area contributed by atoms with Crippen LogP contribution in [-0.4, -0.2) is 11.9 Å². The first-order chi connectivity index (χ1) is 6.15. The minimum Gasteiger partial charge on any atom is -0.490 e. The molecule has 0 aromatic heterocycles. The molecular formula is C8H6Br2Cl2O. The summed E-state index contributed by atoms with van der Waals surface area (Å²) in [4.78, 5) is 0. The van der Waals surface area contributed by atoms with E-state index in [1.54, 1.807) is 12.1 Å². The van der Waals surface area contributed by atoms with E-state index in [0.717, 1.165) is 9.80 Å². The van der Waals surface area contributed by atoms with E-state index < -0.39 is 0 Å². The predicted molar refractivity (Wildman–Crippen MR) is 63.5 cm³/mol. The van der Waals surface area contributed by atoms with Gasteiger partial charge in [-0.2, -0.15) is 0 Å². The van der Waals surface area contributed by atoms with Crippen molar-refractivity contribution >= 4 is 55.1 Å². The molecule has 1 aromatic carbocycles. The summed E-state index contributed by atoms with van der Waals surface area (Å²) in [5.41, 5.74) is 0. The van der Waals surface area contributed by atoms with Crippen molar-refractivity contribution in [3.8, 4) is 5.75 Å². The van der Waals surface area contributed by atoms with Crippen molar-refractivity contribution in [1.82, 2.24) is 0 Å². The highest BCUT2D eigenvalue weighted by molar-refractivity contribution is 9.10. The van der Waals surface area contributed by atoms with Gasteiger partial charge in [0.15, 0.2) is 5.75 Å². The lowest BCUT2D eigenvalue weighted by Gasteiger charge is -2.08. The van der Waals surface area contributed by atoms with Gasteiger partial charge in [0, 0.05) is 9.80 Å². The molecule has 0 radical (unpaired) electrons. The number of ether oxygens (including phenoxy) is 1. The highest BCUT2D eigenvalue weighted by Crippen LogP contribution is 2.35. The van der Waals surface area contributed by atoms with Gasteiger partial charge in [-0.05, 0) is 12.1 Å². The van der Waals surface area contributed by atoms with E-state index in [4.69, 9.17) is 27.9 Å². The Morgan fingerprint density at radius 3 is 2.23 bits per heavy atom. The van der Waals surface area contributed by atoms with Crippen LogP contribution in [0, 0.1) is 0 Å². The van der Waals surface area contributed by atoms with Gasteiger partial charge in [-0.1, -0.05) is 55.1 Å². The Kier molecular flexibility index (Phi) is 4.87. The summed E-state index contributed by atoms with van der Waals surface area (Å²) in [6.45, 7) is 0.543. The highest BCUT2D eigenvalue weighted by Gasteiger charge is 2.08. The molecule has 0 amide bonds.